The van der Waals surface area contributed by atoms with E-state index in [1.54, 1.807) is 0 Å². The van der Waals surface area contributed by atoms with Gasteiger partial charge in [-0.1, -0.05) is 13.0 Å². The Bertz CT molecular complexity index is 751. The van der Waals surface area contributed by atoms with Crippen molar-refractivity contribution in [2.75, 3.05) is 6.54 Å². The Hall–Kier alpha value is -1.68. The molecule has 112 valence electrons. The normalized spacial score (nSPS) is 19.0. The molecule has 1 saturated heterocycles. The summed E-state index contributed by atoms with van der Waals surface area (Å²) >= 11 is 0. The first-order valence-electron chi connectivity index (χ1n) is 7.59. The number of fused-ring (bicyclic) bond motifs is 1. The van der Waals surface area contributed by atoms with Crippen LogP contribution in [0.15, 0.2) is 16.9 Å². The number of pyridine rings is 1. The van der Waals surface area contributed by atoms with Crippen molar-refractivity contribution in [2.45, 2.75) is 46.2 Å². The van der Waals surface area contributed by atoms with Crippen LogP contribution in [0.5, 0.6) is 0 Å². The Balaban J connectivity index is 2.11. The van der Waals surface area contributed by atoms with E-state index in [1.807, 2.05) is 26.0 Å². The standard InChI is InChI=1S/C17H21FN2O/c1-4-12-8-14-10(2)7-13(9-20-6-5-11(20)3)15(18)16(14)19-17(12)21/h7-8,11H,4-6,9H2,1-3H3,(H,19,21)/t11-/m1/s1. The first-order chi connectivity index (χ1) is 10.0. The van der Waals surface area contributed by atoms with Gasteiger partial charge in [0.15, 0.2) is 5.82 Å². The van der Waals surface area contributed by atoms with Crippen molar-refractivity contribution in [3.8, 4) is 0 Å². The number of hydrogen-bond acceptors (Lipinski definition) is 2. The smallest absolute Gasteiger partial charge is 0.251 e. The van der Waals surface area contributed by atoms with E-state index >= 15 is 0 Å². The minimum atomic E-state index is -0.283. The van der Waals surface area contributed by atoms with Gasteiger partial charge in [-0.25, -0.2) is 4.39 Å². The van der Waals surface area contributed by atoms with Crippen LogP contribution in [0, 0.1) is 12.7 Å². The van der Waals surface area contributed by atoms with E-state index in [1.165, 1.54) is 6.42 Å². The predicted octanol–water partition coefficient (Wildman–Crippen LogP) is 3.13. The lowest BCUT2D eigenvalue weighted by molar-refractivity contribution is 0.0946. The number of halogens is 1. The van der Waals surface area contributed by atoms with E-state index < -0.39 is 0 Å². The zero-order chi connectivity index (χ0) is 15.1. The number of nitrogens with zero attached hydrogens (tertiary/aromatic N) is 1. The first-order valence-corrected chi connectivity index (χ1v) is 7.59. The summed E-state index contributed by atoms with van der Waals surface area (Å²) in [5, 5.41) is 0.810. The molecule has 1 aliphatic rings. The molecule has 0 aliphatic carbocycles. The third-order valence-electron chi connectivity index (χ3n) is 4.65. The van der Waals surface area contributed by atoms with Crippen LogP contribution < -0.4 is 5.56 Å². The van der Waals surface area contributed by atoms with Crippen molar-refractivity contribution >= 4 is 10.9 Å². The monoisotopic (exact) mass is 288 g/mol. The van der Waals surface area contributed by atoms with Gasteiger partial charge in [0, 0.05) is 35.6 Å². The molecule has 0 saturated carbocycles. The SMILES string of the molecule is CCc1cc2c(C)cc(CN3CC[C@H]3C)c(F)c2[nH]c1=O. The lowest BCUT2D eigenvalue weighted by Gasteiger charge is -2.38. The number of rotatable bonds is 3. The minimum Gasteiger partial charge on any atom is -0.319 e. The largest absolute Gasteiger partial charge is 0.319 e. The summed E-state index contributed by atoms with van der Waals surface area (Å²) in [4.78, 5) is 16.9. The molecule has 1 N–H and O–H groups in total. The highest BCUT2D eigenvalue weighted by molar-refractivity contribution is 5.84. The van der Waals surface area contributed by atoms with Crippen molar-refractivity contribution in [3.05, 3.63) is 45.0 Å². The maximum atomic E-state index is 14.7. The van der Waals surface area contributed by atoms with Crippen LogP contribution in [-0.4, -0.2) is 22.5 Å². The van der Waals surface area contributed by atoms with Gasteiger partial charge in [0.25, 0.3) is 5.56 Å². The average molecular weight is 288 g/mol. The second-order valence-electron chi connectivity index (χ2n) is 6.04. The molecule has 1 fully saturated rings. The fraction of sp³-hybridized carbons (Fsp3) is 0.471. The average Bonchev–Trinajstić information content (AvgIpc) is 2.47. The van der Waals surface area contributed by atoms with Gasteiger partial charge in [-0.05, 0) is 38.3 Å². The van der Waals surface area contributed by atoms with E-state index in [9.17, 15) is 9.18 Å². The highest BCUT2D eigenvalue weighted by Gasteiger charge is 2.25. The Kier molecular flexibility index (Phi) is 3.57. The third kappa shape index (κ3) is 2.38. The second kappa shape index (κ2) is 5.26. The van der Waals surface area contributed by atoms with Gasteiger partial charge in [0.1, 0.15) is 0 Å². The maximum Gasteiger partial charge on any atom is 0.251 e. The molecule has 4 heteroatoms. The molecule has 3 rings (SSSR count). The number of nitrogens with one attached hydrogen (secondary N) is 1. The van der Waals surface area contributed by atoms with Crippen LogP contribution in [0.25, 0.3) is 10.9 Å². The molecule has 2 heterocycles. The van der Waals surface area contributed by atoms with Crippen molar-refractivity contribution in [1.29, 1.82) is 0 Å². The summed E-state index contributed by atoms with van der Waals surface area (Å²) in [6.45, 7) is 7.69. The molecule has 3 nitrogen and oxygen atoms in total. The highest BCUT2D eigenvalue weighted by Crippen LogP contribution is 2.27. The second-order valence-corrected chi connectivity index (χ2v) is 6.04. The molecule has 0 amide bonds. The molecule has 0 unspecified atom stereocenters. The number of aromatic amines is 1. The van der Waals surface area contributed by atoms with Gasteiger partial charge >= 0.3 is 0 Å². The summed E-state index contributed by atoms with van der Waals surface area (Å²) in [6.07, 6.45) is 1.82. The molecule has 0 spiro atoms. The van der Waals surface area contributed by atoms with Crippen molar-refractivity contribution in [2.24, 2.45) is 0 Å². The summed E-state index contributed by atoms with van der Waals surface area (Å²) in [5.41, 5.74) is 2.55. The number of aromatic nitrogens is 1. The molecule has 0 bridgehead atoms. The minimum absolute atomic E-state index is 0.183. The van der Waals surface area contributed by atoms with E-state index in [4.69, 9.17) is 0 Å². The zero-order valence-corrected chi connectivity index (χ0v) is 12.8. The van der Waals surface area contributed by atoms with Crippen LogP contribution in [-0.2, 0) is 13.0 Å². The van der Waals surface area contributed by atoms with E-state index in [0.717, 1.165) is 17.5 Å². The van der Waals surface area contributed by atoms with E-state index in [2.05, 4.69) is 16.8 Å². The summed E-state index contributed by atoms with van der Waals surface area (Å²) in [7, 11) is 0. The molecular weight excluding hydrogens is 267 g/mol. The van der Waals surface area contributed by atoms with E-state index in [0.29, 0.717) is 35.7 Å². The lowest BCUT2D eigenvalue weighted by Crippen LogP contribution is -2.44. The molecule has 1 aromatic heterocycles. The van der Waals surface area contributed by atoms with Gasteiger partial charge in [0.2, 0.25) is 0 Å². The summed E-state index contributed by atoms with van der Waals surface area (Å²) in [5.74, 6) is -0.283. The molecular formula is C17H21FN2O. The molecule has 0 radical (unpaired) electrons. The Morgan fingerprint density at radius 2 is 2.14 bits per heavy atom. The number of likely N-dealkylation sites (tertiary alicyclic amines) is 1. The molecule has 1 aliphatic heterocycles. The van der Waals surface area contributed by atoms with Crippen molar-refractivity contribution < 1.29 is 4.39 Å². The van der Waals surface area contributed by atoms with Crippen LogP contribution in [0.3, 0.4) is 0 Å². The van der Waals surface area contributed by atoms with Crippen LogP contribution >= 0.6 is 0 Å². The van der Waals surface area contributed by atoms with Gasteiger partial charge in [-0.2, -0.15) is 0 Å². The molecule has 1 aromatic carbocycles. The first kappa shape index (κ1) is 14.3. The topological polar surface area (TPSA) is 36.1 Å². The Morgan fingerprint density at radius 3 is 2.71 bits per heavy atom. The van der Waals surface area contributed by atoms with Crippen LogP contribution in [0.2, 0.25) is 0 Å². The van der Waals surface area contributed by atoms with E-state index in [-0.39, 0.29) is 11.4 Å². The number of benzene rings is 1. The third-order valence-corrected chi connectivity index (χ3v) is 4.65. The lowest BCUT2D eigenvalue weighted by atomic mass is 9.99. The quantitative estimate of drug-likeness (QED) is 0.942. The number of aryl methyl sites for hydroxylation is 2. The predicted molar refractivity (Wildman–Crippen MR) is 83.1 cm³/mol. The van der Waals surface area contributed by atoms with Crippen molar-refractivity contribution in [1.82, 2.24) is 9.88 Å². The fourth-order valence-corrected chi connectivity index (χ4v) is 3.02. The van der Waals surface area contributed by atoms with Gasteiger partial charge in [-0.3, -0.25) is 9.69 Å². The summed E-state index contributed by atoms with van der Waals surface area (Å²) < 4.78 is 14.7. The Labute approximate surface area is 123 Å². The maximum absolute atomic E-state index is 14.7. The van der Waals surface area contributed by atoms with Gasteiger partial charge < -0.3 is 4.98 Å². The molecule has 1 atom stereocenters. The Morgan fingerprint density at radius 1 is 1.38 bits per heavy atom. The van der Waals surface area contributed by atoms with Gasteiger partial charge in [0.05, 0.1) is 5.52 Å². The van der Waals surface area contributed by atoms with Crippen LogP contribution in [0.1, 0.15) is 37.0 Å². The van der Waals surface area contributed by atoms with Crippen molar-refractivity contribution in [3.63, 3.8) is 0 Å². The highest BCUT2D eigenvalue weighted by atomic mass is 19.1. The molecule has 21 heavy (non-hydrogen) atoms. The summed E-state index contributed by atoms with van der Waals surface area (Å²) in [6, 6.07) is 4.25. The zero-order valence-electron chi connectivity index (χ0n) is 12.8. The fourth-order valence-electron chi connectivity index (χ4n) is 3.02. The van der Waals surface area contributed by atoms with Crippen LogP contribution in [0.4, 0.5) is 4.39 Å². The number of hydrogen-bond donors (Lipinski definition) is 1. The number of H-pyrrole nitrogens is 1. The molecule has 2 aromatic rings. The van der Waals surface area contributed by atoms with Gasteiger partial charge in [-0.15, -0.1) is 0 Å².